The smallest absolute Gasteiger partial charge is 0.125 e. The molecule has 2 nitrogen and oxygen atoms in total. The number of allylic oxidation sites excluding steroid dienone is 4. The van der Waals surface area contributed by atoms with Crippen LogP contribution in [0.5, 0.6) is 0 Å². The van der Waals surface area contributed by atoms with Crippen LogP contribution in [0.4, 0.5) is 0 Å². The number of pyridine rings is 1. The van der Waals surface area contributed by atoms with E-state index in [0.717, 1.165) is 21.7 Å². The van der Waals surface area contributed by atoms with E-state index >= 15 is 0 Å². The minimum Gasteiger partial charge on any atom is -0.264 e. The molecule has 212 valence electrons. The predicted octanol–water partition coefficient (Wildman–Crippen LogP) is 10.6. The van der Waals surface area contributed by atoms with Crippen LogP contribution in [0.25, 0.3) is 32.5 Å². The first-order valence-electron chi connectivity index (χ1n) is 15.1. The highest BCUT2D eigenvalue weighted by Crippen LogP contribution is 2.58. The van der Waals surface area contributed by atoms with Gasteiger partial charge in [0.05, 0.1) is 10.2 Å². The van der Waals surface area contributed by atoms with Crippen molar-refractivity contribution in [2.45, 2.75) is 0 Å². The van der Waals surface area contributed by atoms with Gasteiger partial charge in [0.15, 0.2) is 0 Å². The molecule has 0 atom stereocenters. The summed E-state index contributed by atoms with van der Waals surface area (Å²) in [6.07, 6.45) is 3.83. The molecular formula is C42H28N2S. The molecule has 1 aliphatic rings. The Morgan fingerprint density at radius 1 is 0.444 bits per heavy atom. The average molecular weight is 593 g/mol. The quantitative estimate of drug-likeness (QED) is 0.192. The predicted molar refractivity (Wildman–Crippen MR) is 188 cm³/mol. The number of nitrogens with zero attached hydrogens (tertiary/aromatic N) is 2. The van der Waals surface area contributed by atoms with Gasteiger partial charge in [-0.15, -0.1) is 11.3 Å². The molecule has 0 amide bonds. The van der Waals surface area contributed by atoms with E-state index in [1.54, 1.807) is 11.3 Å². The van der Waals surface area contributed by atoms with Crippen LogP contribution in [0.15, 0.2) is 181 Å². The topological polar surface area (TPSA) is 25.8 Å². The summed E-state index contributed by atoms with van der Waals surface area (Å²) < 4.78 is 1.18. The lowest BCUT2D eigenvalue weighted by molar-refractivity contribution is 1.29. The molecule has 0 saturated carbocycles. The molecule has 45 heavy (non-hydrogen) atoms. The number of benzene rings is 5. The number of aromatic nitrogens is 2. The fourth-order valence-corrected chi connectivity index (χ4v) is 7.28. The van der Waals surface area contributed by atoms with Gasteiger partial charge >= 0.3 is 0 Å². The lowest BCUT2D eigenvalue weighted by Gasteiger charge is -2.36. The first kappa shape index (κ1) is 26.9. The zero-order chi connectivity index (χ0) is 30.0. The Hall–Kier alpha value is -5.64. The average Bonchev–Trinajstić information content (AvgIpc) is 3.54. The zero-order valence-corrected chi connectivity index (χ0v) is 25.3. The molecule has 0 N–H and O–H groups in total. The number of para-hydroxylation sites is 1. The molecule has 1 aliphatic carbocycles. The Kier molecular flexibility index (Phi) is 7.07. The van der Waals surface area contributed by atoms with Crippen LogP contribution in [0, 0.1) is 0 Å². The van der Waals surface area contributed by atoms with Gasteiger partial charge in [0.1, 0.15) is 5.01 Å². The summed E-state index contributed by atoms with van der Waals surface area (Å²) in [5.74, 6) is 0. The molecule has 3 heteroatoms. The van der Waals surface area contributed by atoms with E-state index in [0.29, 0.717) is 0 Å². The molecule has 0 fully saturated rings. The molecule has 2 heterocycles. The van der Waals surface area contributed by atoms with Crippen LogP contribution in [-0.2, 0) is 0 Å². The van der Waals surface area contributed by atoms with Crippen LogP contribution in [0.3, 0.4) is 0 Å². The Morgan fingerprint density at radius 2 is 0.911 bits per heavy atom. The molecule has 0 spiro atoms. The van der Waals surface area contributed by atoms with Crippen LogP contribution >= 0.6 is 11.3 Å². The summed E-state index contributed by atoms with van der Waals surface area (Å²) in [5.41, 5.74) is 13.9. The molecule has 0 radical (unpaired) electrons. The van der Waals surface area contributed by atoms with Crippen molar-refractivity contribution in [3.63, 3.8) is 0 Å². The van der Waals surface area contributed by atoms with Gasteiger partial charge in [-0.1, -0.05) is 140 Å². The highest BCUT2D eigenvalue weighted by Gasteiger charge is 2.39. The van der Waals surface area contributed by atoms with E-state index in [2.05, 4.69) is 157 Å². The maximum absolute atomic E-state index is 5.25. The Morgan fingerprint density at radius 3 is 1.38 bits per heavy atom. The van der Waals surface area contributed by atoms with E-state index in [1.165, 1.54) is 54.8 Å². The van der Waals surface area contributed by atoms with Crippen molar-refractivity contribution >= 4 is 43.8 Å². The highest BCUT2D eigenvalue weighted by molar-refractivity contribution is 7.19. The summed E-state index contributed by atoms with van der Waals surface area (Å²) >= 11 is 1.75. The summed E-state index contributed by atoms with van der Waals surface area (Å²) in [5, 5.41) is 1.01. The van der Waals surface area contributed by atoms with Gasteiger partial charge < -0.3 is 0 Å². The van der Waals surface area contributed by atoms with Crippen molar-refractivity contribution in [2.75, 3.05) is 0 Å². The summed E-state index contributed by atoms with van der Waals surface area (Å²) in [4.78, 5) is 9.85. The molecule has 2 aromatic heterocycles. The van der Waals surface area contributed by atoms with E-state index in [-0.39, 0.29) is 0 Å². The maximum Gasteiger partial charge on any atom is 0.125 e. The third kappa shape index (κ3) is 4.94. The number of thiazole rings is 1. The molecule has 0 bridgehead atoms. The second kappa shape index (κ2) is 11.8. The van der Waals surface area contributed by atoms with E-state index < -0.39 is 0 Å². The first-order chi connectivity index (χ1) is 22.4. The van der Waals surface area contributed by atoms with Gasteiger partial charge in [0.25, 0.3) is 0 Å². The number of hydrogen-bond donors (Lipinski definition) is 0. The lowest BCUT2D eigenvalue weighted by atomic mass is 9.67. The summed E-state index contributed by atoms with van der Waals surface area (Å²) in [6, 6.07) is 55.7. The number of fused-ring (bicyclic) bond motifs is 1. The Balaban J connectivity index is 1.60. The van der Waals surface area contributed by atoms with Gasteiger partial charge in [0, 0.05) is 40.2 Å². The summed E-state index contributed by atoms with van der Waals surface area (Å²) in [7, 11) is 0. The SMILES string of the molecule is c1ccc(C(=C2C(=C(c3ccccc3)c3ccccc3)C(c3nc4ccccc4s3)=C2c2cccnc2)c2ccccc2)cc1. The molecule has 0 unspecified atom stereocenters. The van der Waals surface area contributed by atoms with Crippen molar-refractivity contribution in [1.29, 1.82) is 0 Å². The van der Waals surface area contributed by atoms with Crippen molar-refractivity contribution < 1.29 is 0 Å². The largest absolute Gasteiger partial charge is 0.264 e. The fourth-order valence-electron chi connectivity index (χ4n) is 6.26. The monoisotopic (exact) mass is 592 g/mol. The fraction of sp³-hybridized carbons (Fsp3) is 0. The van der Waals surface area contributed by atoms with Crippen molar-refractivity contribution in [3.8, 4) is 0 Å². The number of hydrogen-bond acceptors (Lipinski definition) is 3. The van der Waals surface area contributed by atoms with Crippen LogP contribution in [0.1, 0.15) is 32.8 Å². The minimum absolute atomic E-state index is 1.01. The van der Waals surface area contributed by atoms with Crippen LogP contribution in [0.2, 0.25) is 0 Å². The van der Waals surface area contributed by atoms with Crippen molar-refractivity contribution in [1.82, 2.24) is 9.97 Å². The molecule has 8 rings (SSSR count). The maximum atomic E-state index is 5.25. The highest BCUT2D eigenvalue weighted by atomic mass is 32.1. The van der Waals surface area contributed by atoms with E-state index in [4.69, 9.17) is 4.98 Å². The van der Waals surface area contributed by atoms with Gasteiger partial charge in [-0.25, -0.2) is 4.98 Å². The molecule has 0 saturated heterocycles. The lowest BCUT2D eigenvalue weighted by Crippen LogP contribution is -2.17. The molecule has 0 aliphatic heterocycles. The van der Waals surface area contributed by atoms with E-state index in [9.17, 15) is 0 Å². The van der Waals surface area contributed by atoms with Gasteiger partial charge in [-0.05, 0) is 51.6 Å². The normalized spacial score (nSPS) is 12.7. The van der Waals surface area contributed by atoms with Gasteiger partial charge in [0.2, 0.25) is 0 Å². The molecular weight excluding hydrogens is 565 g/mol. The third-order valence-electron chi connectivity index (χ3n) is 8.21. The second-order valence-electron chi connectivity index (χ2n) is 10.9. The molecule has 7 aromatic rings. The van der Waals surface area contributed by atoms with Crippen LogP contribution < -0.4 is 0 Å². The standard InChI is InChI=1S/C42H28N2S/c1-5-16-29(17-6-1)36(30-18-7-2-8-19-30)39-38(33-24-15-27-43-28-33)41(42-44-34-25-13-14-26-35(34)45-42)40(39)37(31-20-9-3-10-21-31)32-22-11-4-12-23-32/h1-28H. The van der Waals surface area contributed by atoms with E-state index in [1.807, 2.05) is 18.5 Å². The van der Waals surface area contributed by atoms with Gasteiger partial charge in [-0.3, -0.25) is 4.98 Å². The summed E-state index contributed by atoms with van der Waals surface area (Å²) in [6.45, 7) is 0. The first-order valence-corrected chi connectivity index (χ1v) is 15.9. The Bertz CT molecular complexity index is 2100. The number of rotatable bonds is 6. The van der Waals surface area contributed by atoms with Crippen molar-refractivity contribution in [3.05, 3.63) is 214 Å². The van der Waals surface area contributed by atoms with Crippen molar-refractivity contribution in [2.24, 2.45) is 0 Å². The second-order valence-corrected chi connectivity index (χ2v) is 12.0. The minimum atomic E-state index is 1.01. The third-order valence-corrected chi connectivity index (χ3v) is 9.26. The van der Waals surface area contributed by atoms with Gasteiger partial charge in [-0.2, -0.15) is 0 Å². The molecule has 5 aromatic carbocycles. The van der Waals surface area contributed by atoms with Crippen LogP contribution in [-0.4, -0.2) is 9.97 Å². The zero-order valence-electron chi connectivity index (χ0n) is 24.5. The Labute approximate surface area is 267 Å².